The number of aromatic nitrogens is 4. The van der Waals surface area contributed by atoms with E-state index in [9.17, 15) is 18.0 Å². The quantitative estimate of drug-likeness (QED) is 0.876. The van der Waals surface area contributed by atoms with Crippen LogP contribution in [0.4, 0.5) is 24.8 Å². The summed E-state index contributed by atoms with van der Waals surface area (Å²) in [6, 6.07) is 1.33. The minimum Gasteiger partial charge on any atom is -0.352 e. The van der Waals surface area contributed by atoms with Crippen molar-refractivity contribution in [3.63, 3.8) is 0 Å². The molecule has 2 aromatic heterocycles. The summed E-state index contributed by atoms with van der Waals surface area (Å²) in [7, 11) is 0. The Labute approximate surface area is 153 Å². The van der Waals surface area contributed by atoms with E-state index in [0.717, 1.165) is 38.1 Å². The van der Waals surface area contributed by atoms with Gasteiger partial charge in [0, 0.05) is 43.6 Å². The Hall–Kier alpha value is -2.65. The SMILES string of the molecule is O=c1[nH]ccnc1N1CCC(N(c2cc(C(F)(F)F)ncn2)C2CC2)CC1. The zero-order valence-electron chi connectivity index (χ0n) is 14.5. The van der Waals surface area contributed by atoms with Crippen LogP contribution in [0.2, 0.25) is 0 Å². The van der Waals surface area contributed by atoms with E-state index in [1.165, 1.54) is 6.20 Å². The number of nitrogens with zero attached hydrogens (tertiary/aromatic N) is 5. The van der Waals surface area contributed by atoms with Gasteiger partial charge in [0.25, 0.3) is 5.56 Å². The Bertz CT molecular complexity index is 858. The highest BCUT2D eigenvalue weighted by Crippen LogP contribution is 2.37. The molecule has 4 rings (SSSR count). The molecule has 0 atom stereocenters. The number of hydrogen-bond acceptors (Lipinski definition) is 6. The van der Waals surface area contributed by atoms with Gasteiger partial charge in [0.1, 0.15) is 17.8 Å². The second kappa shape index (κ2) is 6.82. The van der Waals surface area contributed by atoms with Crippen LogP contribution in [0.5, 0.6) is 0 Å². The largest absolute Gasteiger partial charge is 0.433 e. The van der Waals surface area contributed by atoms with Crippen molar-refractivity contribution in [3.05, 3.63) is 40.8 Å². The lowest BCUT2D eigenvalue weighted by Crippen LogP contribution is -2.47. The number of H-pyrrole nitrogens is 1. The highest BCUT2D eigenvalue weighted by molar-refractivity contribution is 5.45. The lowest BCUT2D eigenvalue weighted by atomic mass is 10.0. The first-order valence-electron chi connectivity index (χ1n) is 8.89. The third-order valence-corrected chi connectivity index (χ3v) is 4.99. The zero-order chi connectivity index (χ0) is 19.0. The summed E-state index contributed by atoms with van der Waals surface area (Å²) in [5, 5.41) is 0. The number of alkyl halides is 3. The van der Waals surface area contributed by atoms with Crippen LogP contribution in [0.15, 0.2) is 29.6 Å². The number of hydrogen-bond donors (Lipinski definition) is 1. The van der Waals surface area contributed by atoms with Crippen LogP contribution in [-0.2, 0) is 6.18 Å². The Balaban J connectivity index is 1.52. The van der Waals surface area contributed by atoms with E-state index in [-0.39, 0.29) is 17.6 Å². The molecule has 7 nitrogen and oxygen atoms in total. The molecule has 2 aliphatic rings. The Morgan fingerprint density at radius 2 is 1.78 bits per heavy atom. The van der Waals surface area contributed by atoms with E-state index in [1.807, 2.05) is 9.80 Å². The van der Waals surface area contributed by atoms with E-state index in [2.05, 4.69) is 19.9 Å². The third-order valence-electron chi connectivity index (χ3n) is 4.99. The van der Waals surface area contributed by atoms with E-state index < -0.39 is 11.9 Å². The number of piperidine rings is 1. The van der Waals surface area contributed by atoms with Gasteiger partial charge in [0.2, 0.25) is 0 Å². The maximum atomic E-state index is 13.0. The summed E-state index contributed by atoms with van der Waals surface area (Å²) in [5.41, 5.74) is -1.16. The number of aromatic amines is 1. The summed E-state index contributed by atoms with van der Waals surface area (Å²) < 4.78 is 39.0. The summed E-state index contributed by atoms with van der Waals surface area (Å²) in [6.07, 6.45) is 2.86. The van der Waals surface area contributed by atoms with Gasteiger partial charge in [-0.2, -0.15) is 13.2 Å². The molecule has 10 heteroatoms. The van der Waals surface area contributed by atoms with Crippen molar-refractivity contribution in [1.29, 1.82) is 0 Å². The molecular weight excluding hydrogens is 361 g/mol. The van der Waals surface area contributed by atoms with Crippen molar-refractivity contribution in [1.82, 2.24) is 19.9 Å². The van der Waals surface area contributed by atoms with Crippen LogP contribution in [0.1, 0.15) is 31.4 Å². The molecule has 0 bridgehead atoms. The van der Waals surface area contributed by atoms with Crippen LogP contribution in [-0.4, -0.2) is 45.1 Å². The van der Waals surface area contributed by atoms with Gasteiger partial charge in [-0.3, -0.25) is 4.79 Å². The van der Waals surface area contributed by atoms with Gasteiger partial charge < -0.3 is 14.8 Å². The van der Waals surface area contributed by atoms with Gasteiger partial charge >= 0.3 is 6.18 Å². The molecule has 1 aliphatic carbocycles. The van der Waals surface area contributed by atoms with Crippen LogP contribution in [0, 0.1) is 0 Å². The normalized spacial score (nSPS) is 18.6. The number of halogens is 3. The van der Waals surface area contributed by atoms with Gasteiger partial charge in [0.15, 0.2) is 5.82 Å². The predicted molar refractivity (Wildman–Crippen MR) is 92.6 cm³/mol. The molecule has 27 heavy (non-hydrogen) atoms. The molecule has 2 fully saturated rings. The van der Waals surface area contributed by atoms with E-state index in [0.29, 0.717) is 24.7 Å². The number of nitrogens with one attached hydrogen (secondary N) is 1. The molecule has 0 amide bonds. The van der Waals surface area contributed by atoms with Gasteiger partial charge in [-0.25, -0.2) is 15.0 Å². The minimum atomic E-state index is -4.49. The van der Waals surface area contributed by atoms with Gasteiger partial charge in [-0.05, 0) is 25.7 Å². The first-order chi connectivity index (χ1) is 12.9. The van der Waals surface area contributed by atoms with Crippen LogP contribution in [0.25, 0.3) is 0 Å². The van der Waals surface area contributed by atoms with Gasteiger partial charge in [0.05, 0.1) is 0 Å². The lowest BCUT2D eigenvalue weighted by Gasteiger charge is -2.39. The fourth-order valence-corrected chi connectivity index (χ4v) is 3.59. The molecule has 144 valence electrons. The standard InChI is InChI=1S/C17H19F3N6O/c18-17(19,20)13-9-14(24-10-23-13)26(11-1-2-11)12-3-7-25(8-4-12)15-16(27)22-6-5-21-15/h5-6,9-12H,1-4,7-8H2,(H,22,27). The maximum Gasteiger partial charge on any atom is 0.433 e. The van der Waals surface area contributed by atoms with Crippen LogP contribution in [0.3, 0.4) is 0 Å². The second-order valence-corrected chi connectivity index (χ2v) is 6.86. The average Bonchev–Trinajstić information content (AvgIpc) is 3.48. The third kappa shape index (κ3) is 3.74. The minimum absolute atomic E-state index is 0.0764. The highest BCUT2D eigenvalue weighted by atomic mass is 19.4. The second-order valence-electron chi connectivity index (χ2n) is 6.86. The summed E-state index contributed by atoms with van der Waals surface area (Å²) in [4.78, 5) is 30.1. The van der Waals surface area contributed by atoms with Crippen molar-refractivity contribution in [2.45, 2.75) is 43.9 Å². The summed E-state index contributed by atoms with van der Waals surface area (Å²) in [6.45, 7) is 1.23. The first kappa shape index (κ1) is 17.7. The summed E-state index contributed by atoms with van der Waals surface area (Å²) >= 11 is 0. The smallest absolute Gasteiger partial charge is 0.352 e. The molecule has 0 spiro atoms. The van der Waals surface area contributed by atoms with E-state index >= 15 is 0 Å². The molecule has 0 aromatic carbocycles. The topological polar surface area (TPSA) is 78.0 Å². The lowest BCUT2D eigenvalue weighted by molar-refractivity contribution is -0.141. The first-order valence-corrected chi connectivity index (χ1v) is 8.89. The molecule has 0 radical (unpaired) electrons. The van der Waals surface area contributed by atoms with Crippen molar-refractivity contribution in [2.75, 3.05) is 22.9 Å². The van der Waals surface area contributed by atoms with E-state index in [1.54, 1.807) is 6.20 Å². The average molecular weight is 380 g/mol. The van der Waals surface area contributed by atoms with Crippen molar-refractivity contribution < 1.29 is 13.2 Å². The van der Waals surface area contributed by atoms with Crippen molar-refractivity contribution in [3.8, 4) is 0 Å². The van der Waals surface area contributed by atoms with Gasteiger partial charge in [-0.15, -0.1) is 0 Å². The molecular formula is C17H19F3N6O. The monoisotopic (exact) mass is 380 g/mol. The summed E-state index contributed by atoms with van der Waals surface area (Å²) in [5.74, 6) is 0.712. The predicted octanol–water partition coefficient (Wildman–Crippen LogP) is 2.22. The number of anilines is 2. The molecule has 1 aliphatic heterocycles. The molecule has 1 N–H and O–H groups in total. The molecule has 1 saturated carbocycles. The van der Waals surface area contributed by atoms with Crippen LogP contribution >= 0.6 is 0 Å². The van der Waals surface area contributed by atoms with Crippen LogP contribution < -0.4 is 15.4 Å². The Morgan fingerprint density at radius 3 is 2.41 bits per heavy atom. The zero-order valence-corrected chi connectivity index (χ0v) is 14.5. The Morgan fingerprint density at radius 1 is 1.07 bits per heavy atom. The van der Waals surface area contributed by atoms with E-state index in [4.69, 9.17) is 0 Å². The molecule has 0 unspecified atom stereocenters. The highest BCUT2D eigenvalue weighted by Gasteiger charge is 2.39. The molecule has 2 aromatic rings. The van der Waals surface area contributed by atoms with Gasteiger partial charge in [-0.1, -0.05) is 0 Å². The van der Waals surface area contributed by atoms with Crippen molar-refractivity contribution in [2.24, 2.45) is 0 Å². The molecule has 3 heterocycles. The number of rotatable bonds is 4. The Kier molecular flexibility index (Phi) is 4.48. The fourth-order valence-electron chi connectivity index (χ4n) is 3.59. The maximum absolute atomic E-state index is 13.0. The fraction of sp³-hybridized carbons (Fsp3) is 0.529. The molecule has 1 saturated heterocycles. The van der Waals surface area contributed by atoms with Crippen molar-refractivity contribution >= 4 is 11.6 Å².